The van der Waals surface area contributed by atoms with Crippen molar-refractivity contribution in [3.8, 4) is 0 Å². The summed E-state index contributed by atoms with van der Waals surface area (Å²) in [5, 5.41) is 0. The lowest BCUT2D eigenvalue weighted by Gasteiger charge is -2.24. The van der Waals surface area contributed by atoms with Crippen LogP contribution >= 0.6 is 0 Å². The van der Waals surface area contributed by atoms with Gasteiger partial charge in [0.2, 0.25) is 0 Å². The minimum Gasteiger partial charge on any atom is -0.367 e. The highest BCUT2D eigenvalue weighted by atomic mass is 19.1. The maximum atomic E-state index is 14.1. The molecular formula is C15H22F2N2. The lowest BCUT2D eigenvalue weighted by atomic mass is 9.98. The van der Waals surface area contributed by atoms with Crippen molar-refractivity contribution in [2.45, 2.75) is 39.2 Å². The van der Waals surface area contributed by atoms with Gasteiger partial charge in [-0.15, -0.1) is 0 Å². The van der Waals surface area contributed by atoms with Gasteiger partial charge in [-0.2, -0.15) is 0 Å². The van der Waals surface area contributed by atoms with Crippen LogP contribution in [-0.2, 0) is 6.54 Å². The Morgan fingerprint density at radius 1 is 1.21 bits per heavy atom. The van der Waals surface area contributed by atoms with Gasteiger partial charge < -0.3 is 10.6 Å². The average molecular weight is 268 g/mol. The first kappa shape index (κ1) is 14.3. The van der Waals surface area contributed by atoms with Crippen LogP contribution in [0.1, 0.15) is 38.2 Å². The molecule has 1 aromatic rings. The summed E-state index contributed by atoms with van der Waals surface area (Å²) in [6.07, 6.45) is 4.30. The molecule has 0 saturated carbocycles. The summed E-state index contributed by atoms with van der Waals surface area (Å²) in [5.74, 6) is -0.301. The first-order chi connectivity index (χ1) is 9.15. The Bertz CT molecular complexity index is 411. The van der Waals surface area contributed by atoms with Gasteiger partial charge in [0.1, 0.15) is 17.3 Å². The molecule has 19 heavy (non-hydrogen) atoms. The standard InChI is InChI=1S/C15H22F2N2/c1-2-11-4-3-6-19(7-5-11)15-13(16)8-12(10-18)9-14(15)17/h8-9,11H,2-7,10,18H2,1H3. The van der Waals surface area contributed by atoms with Gasteiger partial charge in [0.25, 0.3) is 0 Å². The summed E-state index contributed by atoms with van der Waals surface area (Å²) >= 11 is 0. The number of nitrogens with zero attached hydrogens (tertiary/aromatic N) is 1. The molecule has 2 N–H and O–H groups in total. The molecule has 0 radical (unpaired) electrons. The summed E-state index contributed by atoms with van der Waals surface area (Å²) in [6.45, 7) is 3.80. The molecule has 0 aromatic heterocycles. The van der Waals surface area contributed by atoms with Crippen LogP contribution in [0.15, 0.2) is 12.1 Å². The van der Waals surface area contributed by atoms with Crippen LogP contribution in [0.2, 0.25) is 0 Å². The fourth-order valence-corrected chi connectivity index (χ4v) is 2.84. The number of anilines is 1. The van der Waals surface area contributed by atoms with Crippen LogP contribution in [0.5, 0.6) is 0 Å². The summed E-state index contributed by atoms with van der Waals surface area (Å²) in [4.78, 5) is 1.85. The van der Waals surface area contributed by atoms with Crippen molar-refractivity contribution in [1.29, 1.82) is 0 Å². The molecule has 2 nitrogen and oxygen atoms in total. The number of hydrogen-bond acceptors (Lipinski definition) is 2. The first-order valence-electron chi connectivity index (χ1n) is 7.08. The van der Waals surface area contributed by atoms with Crippen molar-refractivity contribution >= 4 is 5.69 Å². The molecule has 0 aliphatic carbocycles. The van der Waals surface area contributed by atoms with Crippen LogP contribution in [0.4, 0.5) is 14.5 Å². The minimum absolute atomic E-state index is 0.119. The van der Waals surface area contributed by atoms with Gasteiger partial charge >= 0.3 is 0 Å². The second-order valence-electron chi connectivity index (χ2n) is 5.30. The third-order valence-electron chi connectivity index (χ3n) is 4.05. The first-order valence-corrected chi connectivity index (χ1v) is 7.08. The molecule has 1 unspecified atom stereocenters. The third-order valence-corrected chi connectivity index (χ3v) is 4.05. The van der Waals surface area contributed by atoms with E-state index in [9.17, 15) is 8.78 Å². The van der Waals surface area contributed by atoms with Gasteiger partial charge in [-0.1, -0.05) is 13.3 Å². The third kappa shape index (κ3) is 3.24. The normalized spacial score (nSPS) is 20.4. The number of benzene rings is 1. The molecule has 1 aliphatic heterocycles. The Kier molecular flexibility index (Phi) is 4.75. The van der Waals surface area contributed by atoms with Crippen molar-refractivity contribution in [3.05, 3.63) is 29.3 Å². The molecule has 1 saturated heterocycles. The Morgan fingerprint density at radius 3 is 2.47 bits per heavy atom. The maximum absolute atomic E-state index is 14.1. The zero-order chi connectivity index (χ0) is 13.8. The van der Waals surface area contributed by atoms with Gasteiger partial charge in [0.15, 0.2) is 0 Å². The van der Waals surface area contributed by atoms with E-state index in [-0.39, 0.29) is 12.2 Å². The van der Waals surface area contributed by atoms with E-state index < -0.39 is 11.6 Å². The van der Waals surface area contributed by atoms with Crippen LogP contribution in [0.25, 0.3) is 0 Å². The van der Waals surface area contributed by atoms with Gasteiger partial charge in [-0.3, -0.25) is 0 Å². The molecule has 1 heterocycles. The minimum atomic E-state index is -0.490. The smallest absolute Gasteiger partial charge is 0.149 e. The predicted molar refractivity (Wildman–Crippen MR) is 74.1 cm³/mol. The summed E-state index contributed by atoms with van der Waals surface area (Å²) in [6, 6.07) is 2.70. The van der Waals surface area contributed by atoms with Crippen LogP contribution < -0.4 is 10.6 Å². The molecule has 1 aliphatic rings. The van der Waals surface area contributed by atoms with Crippen molar-refractivity contribution in [3.63, 3.8) is 0 Å². The van der Waals surface area contributed by atoms with Gasteiger partial charge in [0, 0.05) is 19.6 Å². The number of rotatable bonds is 3. The maximum Gasteiger partial charge on any atom is 0.149 e. The number of hydrogen-bond donors (Lipinski definition) is 1. The van der Waals surface area contributed by atoms with E-state index in [1.54, 1.807) is 0 Å². The van der Waals surface area contributed by atoms with E-state index in [1.165, 1.54) is 12.1 Å². The molecule has 0 amide bonds. The Hall–Kier alpha value is -1.16. The fourth-order valence-electron chi connectivity index (χ4n) is 2.84. The number of nitrogens with two attached hydrogens (primary N) is 1. The molecule has 0 bridgehead atoms. The molecule has 4 heteroatoms. The molecule has 1 aromatic carbocycles. The van der Waals surface area contributed by atoms with Gasteiger partial charge in [0.05, 0.1) is 0 Å². The summed E-state index contributed by atoms with van der Waals surface area (Å²) < 4.78 is 28.1. The second-order valence-corrected chi connectivity index (χ2v) is 5.30. The Labute approximate surface area is 113 Å². The summed E-state index contributed by atoms with van der Waals surface area (Å²) in [5.41, 5.74) is 6.05. The molecular weight excluding hydrogens is 246 g/mol. The predicted octanol–water partition coefficient (Wildman–Crippen LogP) is 3.44. The molecule has 1 atom stereocenters. The van der Waals surface area contributed by atoms with Crippen molar-refractivity contribution < 1.29 is 8.78 Å². The number of halogens is 2. The average Bonchev–Trinajstić information content (AvgIpc) is 2.63. The van der Waals surface area contributed by atoms with E-state index in [4.69, 9.17) is 5.73 Å². The monoisotopic (exact) mass is 268 g/mol. The Morgan fingerprint density at radius 2 is 1.89 bits per heavy atom. The van der Waals surface area contributed by atoms with Crippen molar-refractivity contribution in [1.82, 2.24) is 0 Å². The molecule has 106 valence electrons. The molecule has 0 spiro atoms. The van der Waals surface area contributed by atoms with Crippen LogP contribution in [-0.4, -0.2) is 13.1 Å². The van der Waals surface area contributed by atoms with E-state index >= 15 is 0 Å². The van der Waals surface area contributed by atoms with E-state index in [1.807, 2.05) is 4.90 Å². The largest absolute Gasteiger partial charge is 0.367 e. The Balaban J connectivity index is 2.21. The zero-order valence-corrected chi connectivity index (χ0v) is 11.5. The quantitative estimate of drug-likeness (QED) is 0.910. The lowest BCUT2D eigenvalue weighted by Crippen LogP contribution is -2.26. The van der Waals surface area contributed by atoms with E-state index in [0.717, 1.165) is 38.8 Å². The highest BCUT2D eigenvalue weighted by Crippen LogP contribution is 2.29. The highest BCUT2D eigenvalue weighted by Gasteiger charge is 2.21. The topological polar surface area (TPSA) is 29.3 Å². The van der Waals surface area contributed by atoms with E-state index in [2.05, 4.69) is 6.92 Å². The van der Waals surface area contributed by atoms with Gasteiger partial charge in [-0.05, 0) is 42.9 Å². The summed E-state index contributed by atoms with van der Waals surface area (Å²) in [7, 11) is 0. The van der Waals surface area contributed by atoms with Crippen molar-refractivity contribution in [2.24, 2.45) is 11.7 Å². The lowest BCUT2D eigenvalue weighted by molar-refractivity contribution is 0.459. The van der Waals surface area contributed by atoms with Gasteiger partial charge in [-0.25, -0.2) is 8.78 Å². The zero-order valence-electron chi connectivity index (χ0n) is 11.5. The highest BCUT2D eigenvalue weighted by molar-refractivity contribution is 5.50. The van der Waals surface area contributed by atoms with Crippen LogP contribution in [0, 0.1) is 17.6 Å². The van der Waals surface area contributed by atoms with Crippen molar-refractivity contribution in [2.75, 3.05) is 18.0 Å². The van der Waals surface area contributed by atoms with E-state index in [0.29, 0.717) is 11.5 Å². The molecule has 1 fully saturated rings. The molecule has 2 rings (SSSR count). The van der Waals surface area contributed by atoms with Crippen LogP contribution in [0.3, 0.4) is 0 Å². The fraction of sp³-hybridized carbons (Fsp3) is 0.600. The SMILES string of the molecule is CCC1CCCN(c2c(F)cc(CN)cc2F)CC1. The second kappa shape index (κ2) is 6.33.